The lowest BCUT2D eigenvalue weighted by Gasteiger charge is -2.24. The fraction of sp³-hybridized carbons (Fsp3) is 0.267. The summed E-state index contributed by atoms with van der Waals surface area (Å²) in [6.45, 7) is 2.81. The molecular formula is C15H18N2O2S. The van der Waals surface area contributed by atoms with Gasteiger partial charge in [0.1, 0.15) is 0 Å². The van der Waals surface area contributed by atoms with Crippen molar-refractivity contribution in [1.82, 2.24) is 5.32 Å². The number of nitrogens with two attached hydrogens (primary N) is 1. The molecule has 2 rings (SSSR count). The number of carbonyl (C=O) groups excluding carboxylic acids is 1. The Morgan fingerprint density at radius 3 is 2.70 bits per heavy atom. The maximum absolute atomic E-state index is 11.0. The average molecular weight is 290 g/mol. The zero-order valence-electron chi connectivity index (χ0n) is 11.3. The summed E-state index contributed by atoms with van der Waals surface area (Å²) in [5.41, 5.74) is 5.68. The third-order valence-corrected chi connectivity index (χ3v) is 4.04. The maximum Gasteiger partial charge on any atom is 0.249 e. The molecule has 4 N–H and O–H groups in total. The molecule has 5 heteroatoms. The maximum atomic E-state index is 11.0. The number of thiophene rings is 1. The highest BCUT2D eigenvalue weighted by Crippen LogP contribution is 2.20. The lowest BCUT2D eigenvalue weighted by molar-refractivity contribution is 0.0567. The van der Waals surface area contributed by atoms with E-state index in [9.17, 15) is 9.90 Å². The lowest BCUT2D eigenvalue weighted by Crippen LogP contribution is -2.34. The largest absolute Gasteiger partial charge is 0.384 e. The molecule has 0 bridgehead atoms. The first-order valence-electron chi connectivity index (χ1n) is 6.35. The summed E-state index contributed by atoms with van der Waals surface area (Å²) in [5, 5.41) is 15.4. The van der Waals surface area contributed by atoms with Gasteiger partial charge in [-0.15, -0.1) is 11.3 Å². The molecule has 1 unspecified atom stereocenters. The molecule has 1 aromatic carbocycles. The van der Waals surface area contributed by atoms with Crippen LogP contribution in [0.1, 0.15) is 27.7 Å². The van der Waals surface area contributed by atoms with Crippen molar-refractivity contribution in [3.05, 3.63) is 57.8 Å². The SMILES string of the molecule is CC(O)(CNCc1cc(C(N)=O)cs1)c1ccccc1. The van der Waals surface area contributed by atoms with E-state index in [0.717, 1.165) is 10.4 Å². The topological polar surface area (TPSA) is 75.3 Å². The van der Waals surface area contributed by atoms with Gasteiger partial charge in [0, 0.05) is 23.3 Å². The molecule has 1 amide bonds. The summed E-state index contributed by atoms with van der Waals surface area (Å²) in [6.07, 6.45) is 0. The highest BCUT2D eigenvalue weighted by Gasteiger charge is 2.22. The molecule has 4 nitrogen and oxygen atoms in total. The van der Waals surface area contributed by atoms with Crippen LogP contribution in [0.2, 0.25) is 0 Å². The number of rotatable bonds is 6. The van der Waals surface area contributed by atoms with Crippen molar-refractivity contribution in [2.24, 2.45) is 5.73 Å². The van der Waals surface area contributed by atoms with E-state index < -0.39 is 11.5 Å². The lowest BCUT2D eigenvalue weighted by atomic mass is 9.96. The van der Waals surface area contributed by atoms with Gasteiger partial charge < -0.3 is 16.2 Å². The highest BCUT2D eigenvalue weighted by molar-refractivity contribution is 7.10. The molecule has 0 aliphatic heterocycles. The van der Waals surface area contributed by atoms with Crippen LogP contribution in [0.4, 0.5) is 0 Å². The Bertz CT molecular complexity index is 579. The zero-order valence-corrected chi connectivity index (χ0v) is 12.1. The second-order valence-electron chi connectivity index (χ2n) is 4.91. The molecule has 20 heavy (non-hydrogen) atoms. The van der Waals surface area contributed by atoms with Crippen LogP contribution in [0.5, 0.6) is 0 Å². The Kier molecular flexibility index (Phi) is 4.54. The molecule has 2 aromatic rings. The first-order valence-corrected chi connectivity index (χ1v) is 7.23. The normalized spacial score (nSPS) is 13.9. The highest BCUT2D eigenvalue weighted by atomic mass is 32.1. The monoisotopic (exact) mass is 290 g/mol. The van der Waals surface area contributed by atoms with Crippen molar-refractivity contribution >= 4 is 17.2 Å². The van der Waals surface area contributed by atoms with Crippen molar-refractivity contribution in [3.8, 4) is 0 Å². The molecule has 0 aliphatic rings. The van der Waals surface area contributed by atoms with Crippen molar-refractivity contribution in [3.63, 3.8) is 0 Å². The Labute approximate surface area is 122 Å². The van der Waals surface area contributed by atoms with E-state index in [1.54, 1.807) is 18.4 Å². The molecule has 1 atom stereocenters. The molecule has 1 aromatic heterocycles. The van der Waals surface area contributed by atoms with Gasteiger partial charge in [-0.05, 0) is 18.6 Å². The summed E-state index contributed by atoms with van der Waals surface area (Å²) in [7, 11) is 0. The number of carbonyl (C=O) groups is 1. The number of primary amides is 1. The molecule has 0 saturated carbocycles. The van der Waals surface area contributed by atoms with E-state index in [0.29, 0.717) is 18.7 Å². The number of aliphatic hydroxyl groups is 1. The zero-order chi connectivity index (χ0) is 14.6. The van der Waals surface area contributed by atoms with Crippen LogP contribution in [-0.2, 0) is 12.1 Å². The number of benzene rings is 1. The predicted octanol–water partition coefficient (Wildman–Crippen LogP) is 1.84. The van der Waals surface area contributed by atoms with E-state index >= 15 is 0 Å². The van der Waals surface area contributed by atoms with E-state index in [1.807, 2.05) is 30.3 Å². The molecule has 0 spiro atoms. The van der Waals surface area contributed by atoms with E-state index in [-0.39, 0.29) is 0 Å². The van der Waals surface area contributed by atoms with Crippen molar-refractivity contribution in [2.75, 3.05) is 6.54 Å². The molecule has 0 saturated heterocycles. The Morgan fingerprint density at radius 2 is 2.10 bits per heavy atom. The predicted molar refractivity (Wildman–Crippen MR) is 80.6 cm³/mol. The van der Waals surface area contributed by atoms with Gasteiger partial charge in [-0.1, -0.05) is 30.3 Å². The van der Waals surface area contributed by atoms with Gasteiger partial charge in [0.05, 0.1) is 11.2 Å². The molecule has 1 heterocycles. The van der Waals surface area contributed by atoms with Crippen LogP contribution < -0.4 is 11.1 Å². The second kappa shape index (κ2) is 6.17. The first kappa shape index (κ1) is 14.7. The molecule has 0 radical (unpaired) electrons. The molecule has 0 fully saturated rings. The minimum atomic E-state index is -0.926. The summed E-state index contributed by atoms with van der Waals surface area (Å²) < 4.78 is 0. The summed E-state index contributed by atoms with van der Waals surface area (Å²) in [4.78, 5) is 12.0. The molecule has 0 aliphatic carbocycles. The number of hydrogen-bond acceptors (Lipinski definition) is 4. The first-order chi connectivity index (χ1) is 9.49. The molecule has 106 valence electrons. The van der Waals surface area contributed by atoms with Gasteiger partial charge in [-0.2, -0.15) is 0 Å². The Hall–Kier alpha value is -1.69. The van der Waals surface area contributed by atoms with Gasteiger partial charge >= 0.3 is 0 Å². The van der Waals surface area contributed by atoms with Gasteiger partial charge in [0.15, 0.2) is 0 Å². The summed E-state index contributed by atoms with van der Waals surface area (Å²) >= 11 is 1.48. The number of hydrogen-bond donors (Lipinski definition) is 3. The van der Waals surface area contributed by atoms with Crippen LogP contribution in [0.3, 0.4) is 0 Å². The third-order valence-electron chi connectivity index (χ3n) is 3.10. The van der Waals surface area contributed by atoms with Crippen molar-refractivity contribution < 1.29 is 9.90 Å². The smallest absolute Gasteiger partial charge is 0.249 e. The minimum absolute atomic E-state index is 0.413. The number of nitrogens with one attached hydrogen (secondary N) is 1. The van der Waals surface area contributed by atoms with Gasteiger partial charge in [0.25, 0.3) is 0 Å². The average Bonchev–Trinajstić information content (AvgIpc) is 2.89. The van der Waals surface area contributed by atoms with E-state index in [2.05, 4.69) is 5.32 Å². The van der Waals surface area contributed by atoms with Crippen molar-refractivity contribution in [1.29, 1.82) is 0 Å². The van der Waals surface area contributed by atoms with Crippen molar-refractivity contribution in [2.45, 2.75) is 19.1 Å². The van der Waals surface area contributed by atoms with Crippen LogP contribution in [0, 0.1) is 0 Å². The second-order valence-corrected chi connectivity index (χ2v) is 5.91. The fourth-order valence-electron chi connectivity index (χ4n) is 1.93. The summed E-state index contributed by atoms with van der Waals surface area (Å²) in [6, 6.07) is 11.3. The Balaban J connectivity index is 1.90. The van der Waals surface area contributed by atoms with Gasteiger partial charge in [-0.3, -0.25) is 4.79 Å². The van der Waals surface area contributed by atoms with Crippen LogP contribution >= 0.6 is 11.3 Å². The number of amides is 1. The quantitative estimate of drug-likeness (QED) is 0.760. The molecular weight excluding hydrogens is 272 g/mol. The minimum Gasteiger partial charge on any atom is -0.384 e. The summed E-state index contributed by atoms with van der Waals surface area (Å²) in [5.74, 6) is -0.413. The van der Waals surface area contributed by atoms with Crippen LogP contribution in [0.15, 0.2) is 41.8 Å². The van der Waals surface area contributed by atoms with E-state index in [1.165, 1.54) is 11.3 Å². The Morgan fingerprint density at radius 1 is 1.40 bits per heavy atom. The van der Waals surface area contributed by atoms with Crippen LogP contribution in [0.25, 0.3) is 0 Å². The fourth-order valence-corrected chi connectivity index (χ4v) is 2.77. The van der Waals surface area contributed by atoms with Gasteiger partial charge in [0.2, 0.25) is 5.91 Å². The van der Waals surface area contributed by atoms with Crippen LogP contribution in [-0.4, -0.2) is 17.6 Å². The standard InChI is InChI=1S/C15H18N2O2S/c1-15(19,12-5-3-2-4-6-12)10-17-8-13-7-11(9-20-13)14(16)18/h2-7,9,17,19H,8,10H2,1H3,(H2,16,18). The third kappa shape index (κ3) is 3.66. The van der Waals surface area contributed by atoms with Gasteiger partial charge in [-0.25, -0.2) is 0 Å². The van der Waals surface area contributed by atoms with E-state index in [4.69, 9.17) is 5.73 Å².